The van der Waals surface area contributed by atoms with Crippen molar-refractivity contribution >= 4 is 50.4 Å². The zero-order valence-corrected chi connectivity index (χ0v) is 14.0. The second kappa shape index (κ2) is 6.57. The number of nitrogens with one attached hydrogen (secondary N) is 1. The second-order valence-electron chi connectivity index (χ2n) is 4.41. The third-order valence-corrected chi connectivity index (χ3v) is 4.21. The summed E-state index contributed by atoms with van der Waals surface area (Å²) in [6.07, 6.45) is 0. The summed E-state index contributed by atoms with van der Waals surface area (Å²) < 4.78 is 0.876. The normalized spacial score (nSPS) is 11.9. The molecule has 0 radical (unpaired) electrons. The molecule has 0 aliphatic carbocycles. The van der Waals surface area contributed by atoms with E-state index in [2.05, 4.69) is 21.2 Å². The molecule has 0 aliphatic heterocycles. The van der Waals surface area contributed by atoms with Crippen molar-refractivity contribution in [3.05, 3.63) is 63.1 Å². The van der Waals surface area contributed by atoms with E-state index >= 15 is 0 Å². The van der Waals surface area contributed by atoms with Gasteiger partial charge in [0.25, 0.3) is 0 Å². The summed E-state index contributed by atoms with van der Waals surface area (Å²) in [4.78, 5) is 0.353. The topological polar surface area (TPSA) is 38.0 Å². The van der Waals surface area contributed by atoms with Crippen LogP contribution in [0.15, 0.2) is 46.9 Å². The van der Waals surface area contributed by atoms with Gasteiger partial charge < -0.3 is 11.1 Å². The van der Waals surface area contributed by atoms with Crippen LogP contribution in [0.4, 0.5) is 5.69 Å². The Labute approximate surface area is 137 Å². The number of hydrogen-bond acceptors (Lipinski definition) is 2. The Kier molecular flexibility index (Phi) is 5.02. The van der Waals surface area contributed by atoms with Gasteiger partial charge in [0.1, 0.15) is 4.99 Å². The van der Waals surface area contributed by atoms with Gasteiger partial charge in [-0.25, -0.2) is 0 Å². The fourth-order valence-corrected chi connectivity index (χ4v) is 3.26. The number of anilines is 1. The van der Waals surface area contributed by atoms with Gasteiger partial charge in [-0.05, 0) is 46.6 Å². The first-order valence-electron chi connectivity index (χ1n) is 6.10. The maximum atomic E-state index is 6.22. The Balaban J connectivity index is 2.33. The minimum Gasteiger partial charge on any atom is -0.389 e. The Morgan fingerprint density at radius 2 is 1.95 bits per heavy atom. The van der Waals surface area contributed by atoms with E-state index in [0.717, 1.165) is 26.3 Å². The monoisotopic (exact) mass is 368 g/mol. The van der Waals surface area contributed by atoms with Gasteiger partial charge >= 0.3 is 0 Å². The van der Waals surface area contributed by atoms with Gasteiger partial charge in [-0.1, -0.05) is 48.1 Å². The molecule has 0 fully saturated rings. The molecule has 0 saturated heterocycles. The van der Waals surface area contributed by atoms with Crippen molar-refractivity contribution in [2.45, 2.75) is 13.0 Å². The molecule has 0 heterocycles. The third-order valence-electron chi connectivity index (χ3n) is 3.00. The highest BCUT2D eigenvalue weighted by Gasteiger charge is 2.14. The molecule has 20 heavy (non-hydrogen) atoms. The molecule has 2 aromatic rings. The summed E-state index contributed by atoms with van der Waals surface area (Å²) in [6.45, 7) is 2.05. The van der Waals surface area contributed by atoms with Gasteiger partial charge in [-0.2, -0.15) is 0 Å². The lowest BCUT2D eigenvalue weighted by atomic mass is 10.1. The van der Waals surface area contributed by atoms with Gasteiger partial charge in [0.05, 0.1) is 6.04 Å². The van der Waals surface area contributed by atoms with Gasteiger partial charge in [-0.15, -0.1) is 0 Å². The summed E-state index contributed by atoms with van der Waals surface area (Å²) in [5.41, 5.74) is 8.52. The summed E-state index contributed by atoms with van der Waals surface area (Å²) in [6, 6.07) is 13.6. The zero-order chi connectivity index (χ0) is 14.7. The van der Waals surface area contributed by atoms with Crippen molar-refractivity contribution in [3.63, 3.8) is 0 Å². The first-order valence-corrected chi connectivity index (χ1v) is 7.68. The lowest BCUT2D eigenvalue weighted by Crippen LogP contribution is -2.16. The van der Waals surface area contributed by atoms with Crippen LogP contribution in [0, 0.1) is 0 Å². The predicted octanol–water partition coefficient (Wildman–Crippen LogP) is 4.91. The maximum absolute atomic E-state index is 6.22. The zero-order valence-electron chi connectivity index (χ0n) is 10.9. The molecule has 2 aromatic carbocycles. The Morgan fingerprint density at radius 1 is 1.25 bits per heavy atom. The molecule has 0 aromatic heterocycles. The van der Waals surface area contributed by atoms with E-state index < -0.39 is 0 Å². The van der Waals surface area contributed by atoms with Crippen LogP contribution in [0.2, 0.25) is 5.02 Å². The van der Waals surface area contributed by atoms with E-state index in [4.69, 9.17) is 29.6 Å². The standard InChI is InChI=1S/C15H14BrClN2S/c1-9(10-5-2-3-7-12(10)17)19-13-8-4-6-11(16)14(13)15(18)20/h2-9,19H,1H3,(H2,18,20). The Hall–Kier alpha value is -1.10. The second-order valence-corrected chi connectivity index (χ2v) is 6.12. The number of thiocarbonyl (C=S) groups is 1. The molecule has 0 amide bonds. The highest BCUT2D eigenvalue weighted by molar-refractivity contribution is 9.10. The summed E-state index contributed by atoms with van der Waals surface area (Å²) in [5.74, 6) is 0. The molecular formula is C15H14BrClN2S. The van der Waals surface area contributed by atoms with Crippen LogP contribution >= 0.6 is 39.7 Å². The van der Waals surface area contributed by atoms with Crippen LogP contribution < -0.4 is 11.1 Å². The molecule has 0 aliphatic rings. The highest BCUT2D eigenvalue weighted by atomic mass is 79.9. The lowest BCUT2D eigenvalue weighted by molar-refractivity contribution is 0.884. The molecule has 5 heteroatoms. The minimum atomic E-state index is 0.0473. The van der Waals surface area contributed by atoms with Crippen LogP contribution in [-0.4, -0.2) is 4.99 Å². The van der Waals surface area contributed by atoms with Gasteiger partial charge in [0, 0.05) is 20.7 Å². The number of nitrogens with two attached hydrogens (primary N) is 1. The quantitative estimate of drug-likeness (QED) is 0.752. The van der Waals surface area contributed by atoms with Crippen molar-refractivity contribution in [3.8, 4) is 0 Å². The molecule has 2 nitrogen and oxygen atoms in total. The summed E-state index contributed by atoms with van der Waals surface area (Å²) in [7, 11) is 0. The fraction of sp³-hybridized carbons (Fsp3) is 0.133. The molecule has 1 unspecified atom stereocenters. The molecule has 0 saturated carbocycles. The first-order chi connectivity index (χ1) is 9.50. The first kappa shape index (κ1) is 15.3. The number of halogens is 2. The molecular weight excluding hydrogens is 356 g/mol. The SMILES string of the molecule is CC(Nc1cccc(Br)c1C(N)=S)c1ccccc1Cl. The van der Waals surface area contributed by atoms with Crippen molar-refractivity contribution in [2.75, 3.05) is 5.32 Å². The van der Waals surface area contributed by atoms with Crippen molar-refractivity contribution in [2.24, 2.45) is 5.73 Å². The number of rotatable bonds is 4. The molecule has 3 N–H and O–H groups in total. The van der Waals surface area contributed by atoms with Gasteiger partial charge in [-0.3, -0.25) is 0 Å². The molecule has 1 atom stereocenters. The number of benzene rings is 2. The fourth-order valence-electron chi connectivity index (χ4n) is 2.03. The van der Waals surface area contributed by atoms with Crippen LogP contribution in [0.5, 0.6) is 0 Å². The highest BCUT2D eigenvalue weighted by Crippen LogP contribution is 2.30. The van der Waals surface area contributed by atoms with E-state index in [9.17, 15) is 0 Å². The van der Waals surface area contributed by atoms with Gasteiger partial charge in [0.2, 0.25) is 0 Å². The van der Waals surface area contributed by atoms with E-state index in [-0.39, 0.29) is 6.04 Å². The van der Waals surface area contributed by atoms with E-state index in [1.54, 1.807) is 0 Å². The third kappa shape index (κ3) is 3.32. The molecule has 0 spiro atoms. The van der Waals surface area contributed by atoms with Crippen LogP contribution in [0.25, 0.3) is 0 Å². The van der Waals surface area contributed by atoms with Crippen LogP contribution in [0.3, 0.4) is 0 Å². The average Bonchev–Trinajstić information content (AvgIpc) is 2.38. The lowest BCUT2D eigenvalue weighted by Gasteiger charge is -2.19. The van der Waals surface area contributed by atoms with Crippen LogP contribution in [0.1, 0.15) is 24.1 Å². The largest absolute Gasteiger partial charge is 0.389 e. The van der Waals surface area contributed by atoms with E-state index in [1.165, 1.54) is 0 Å². The van der Waals surface area contributed by atoms with Crippen molar-refractivity contribution in [1.82, 2.24) is 0 Å². The maximum Gasteiger partial charge on any atom is 0.107 e. The number of hydrogen-bond donors (Lipinski definition) is 2. The Morgan fingerprint density at radius 3 is 2.60 bits per heavy atom. The molecule has 2 rings (SSSR count). The van der Waals surface area contributed by atoms with E-state index in [0.29, 0.717) is 4.99 Å². The van der Waals surface area contributed by atoms with E-state index in [1.807, 2.05) is 49.4 Å². The molecule has 104 valence electrons. The minimum absolute atomic E-state index is 0.0473. The van der Waals surface area contributed by atoms with Crippen LogP contribution in [-0.2, 0) is 0 Å². The summed E-state index contributed by atoms with van der Waals surface area (Å²) in [5, 5.41) is 4.14. The smallest absolute Gasteiger partial charge is 0.107 e. The Bertz CT molecular complexity index is 646. The summed E-state index contributed by atoms with van der Waals surface area (Å²) >= 11 is 14.8. The predicted molar refractivity (Wildman–Crippen MR) is 93.5 cm³/mol. The van der Waals surface area contributed by atoms with Crippen molar-refractivity contribution in [1.29, 1.82) is 0 Å². The van der Waals surface area contributed by atoms with Crippen molar-refractivity contribution < 1.29 is 0 Å². The average molecular weight is 370 g/mol. The van der Waals surface area contributed by atoms with Gasteiger partial charge in [0.15, 0.2) is 0 Å². The molecule has 0 bridgehead atoms.